The van der Waals surface area contributed by atoms with Crippen LogP contribution >= 0.6 is 0 Å². The van der Waals surface area contributed by atoms with Crippen molar-refractivity contribution in [2.75, 3.05) is 0 Å². The van der Waals surface area contributed by atoms with Gasteiger partial charge in [-0.15, -0.1) is 0 Å². The number of allylic oxidation sites excluding steroid dienone is 4. The second-order valence-corrected chi connectivity index (χ2v) is 2.75. The van der Waals surface area contributed by atoms with E-state index in [0.29, 0.717) is 5.71 Å². The lowest BCUT2D eigenvalue weighted by Gasteiger charge is -2.17. The molecule has 1 rings (SSSR count). The summed E-state index contributed by atoms with van der Waals surface area (Å²) in [6.45, 7) is 11.5. The van der Waals surface area contributed by atoms with Crippen molar-refractivity contribution in [2.24, 2.45) is 0 Å². The molecule has 1 heteroatoms. The highest BCUT2D eigenvalue weighted by Gasteiger charge is 2.13. The normalized spacial score (nSPS) is 19.4. The van der Waals surface area contributed by atoms with Crippen LogP contribution in [0.1, 0.15) is 33.1 Å². The maximum absolute atomic E-state index is 7.60. The van der Waals surface area contributed by atoms with Crippen LogP contribution in [0.2, 0.25) is 0 Å². The molecular formula is C12H19N. The zero-order valence-electron chi connectivity index (χ0n) is 8.69. The van der Waals surface area contributed by atoms with E-state index in [1.54, 1.807) is 6.08 Å². The molecule has 1 fully saturated rings. The molecule has 1 N–H and O–H groups in total. The van der Waals surface area contributed by atoms with Crippen molar-refractivity contribution < 1.29 is 0 Å². The standard InChI is InChI=1S/C10H13N.C2H6/c1-3-5-9-8(2)6-4-7-10(9)11;1-2/h3,5,11H,1-2,4,6-7H2;1-2H3/b9-5+,11-10?;. The molecule has 0 bridgehead atoms. The predicted octanol–water partition coefficient (Wildman–Crippen LogP) is 3.88. The van der Waals surface area contributed by atoms with Gasteiger partial charge in [0.2, 0.25) is 0 Å². The van der Waals surface area contributed by atoms with Crippen molar-refractivity contribution in [3.8, 4) is 0 Å². The lowest BCUT2D eigenvalue weighted by atomic mass is 9.89. The maximum atomic E-state index is 7.60. The van der Waals surface area contributed by atoms with E-state index in [4.69, 9.17) is 5.41 Å². The molecule has 0 aromatic heterocycles. The smallest absolute Gasteiger partial charge is 0.0388 e. The van der Waals surface area contributed by atoms with Gasteiger partial charge in [-0.3, -0.25) is 0 Å². The van der Waals surface area contributed by atoms with Crippen LogP contribution in [0.3, 0.4) is 0 Å². The van der Waals surface area contributed by atoms with Crippen LogP contribution in [0.15, 0.2) is 36.5 Å². The Balaban J connectivity index is 0.000000671. The van der Waals surface area contributed by atoms with Crippen LogP contribution < -0.4 is 0 Å². The third-order valence-corrected chi connectivity index (χ3v) is 1.90. The van der Waals surface area contributed by atoms with E-state index in [1.165, 1.54) is 0 Å². The van der Waals surface area contributed by atoms with Gasteiger partial charge in [0, 0.05) is 5.71 Å². The lowest BCUT2D eigenvalue weighted by molar-refractivity contribution is 0.834. The summed E-state index contributed by atoms with van der Waals surface area (Å²) in [5.41, 5.74) is 2.79. The van der Waals surface area contributed by atoms with Gasteiger partial charge >= 0.3 is 0 Å². The molecule has 13 heavy (non-hydrogen) atoms. The summed E-state index contributed by atoms with van der Waals surface area (Å²) in [5, 5.41) is 7.60. The highest BCUT2D eigenvalue weighted by Crippen LogP contribution is 2.24. The average Bonchev–Trinajstić information content (AvgIpc) is 2.15. The minimum Gasteiger partial charge on any atom is -0.305 e. The Kier molecular flexibility index (Phi) is 5.86. The van der Waals surface area contributed by atoms with Crippen molar-refractivity contribution in [3.63, 3.8) is 0 Å². The third-order valence-electron chi connectivity index (χ3n) is 1.90. The number of nitrogens with one attached hydrogen (secondary N) is 1. The molecule has 0 aromatic carbocycles. The Morgan fingerprint density at radius 3 is 2.38 bits per heavy atom. The largest absolute Gasteiger partial charge is 0.305 e. The summed E-state index contributed by atoms with van der Waals surface area (Å²) in [5.74, 6) is 0. The second-order valence-electron chi connectivity index (χ2n) is 2.75. The SMILES string of the molecule is C=C/C=C1\C(=C)CCCC1=N.CC. The quantitative estimate of drug-likeness (QED) is 0.628. The van der Waals surface area contributed by atoms with Gasteiger partial charge < -0.3 is 5.41 Å². The third kappa shape index (κ3) is 3.41. The van der Waals surface area contributed by atoms with Crippen LogP contribution in [0.25, 0.3) is 0 Å². The fraction of sp³-hybridized carbons (Fsp3) is 0.417. The first-order chi connectivity index (χ1) is 6.25. The molecule has 72 valence electrons. The first-order valence-corrected chi connectivity index (χ1v) is 4.84. The van der Waals surface area contributed by atoms with Crippen molar-refractivity contribution in [1.29, 1.82) is 5.41 Å². The topological polar surface area (TPSA) is 23.9 Å². The van der Waals surface area contributed by atoms with Crippen LogP contribution in [0, 0.1) is 5.41 Å². The van der Waals surface area contributed by atoms with Gasteiger partial charge in [0.05, 0.1) is 0 Å². The van der Waals surface area contributed by atoms with Crippen molar-refractivity contribution in [3.05, 3.63) is 36.5 Å². The molecule has 0 amide bonds. The van der Waals surface area contributed by atoms with Crippen LogP contribution in [-0.2, 0) is 0 Å². The molecule has 0 aromatic rings. The predicted molar refractivity (Wildman–Crippen MR) is 60.3 cm³/mol. The van der Waals surface area contributed by atoms with Crippen molar-refractivity contribution >= 4 is 5.71 Å². The van der Waals surface area contributed by atoms with Crippen molar-refractivity contribution in [1.82, 2.24) is 0 Å². The van der Waals surface area contributed by atoms with E-state index in [0.717, 1.165) is 30.4 Å². The molecule has 1 saturated carbocycles. The zero-order valence-corrected chi connectivity index (χ0v) is 8.69. The fourth-order valence-electron chi connectivity index (χ4n) is 1.30. The summed E-state index contributed by atoms with van der Waals surface area (Å²) in [7, 11) is 0. The van der Waals surface area contributed by atoms with Crippen LogP contribution in [0.4, 0.5) is 0 Å². The van der Waals surface area contributed by atoms with Crippen molar-refractivity contribution in [2.45, 2.75) is 33.1 Å². The fourth-order valence-corrected chi connectivity index (χ4v) is 1.30. The van der Waals surface area contributed by atoms with Gasteiger partial charge in [0.15, 0.2) is 0 Å². The number of hydrogen-bond donors (Lipinski definition) is 1. The molecular weight excluding hydrogens is 158 g/mol. The summed E-state index contributed by atoms with van der Waals surface area (Å²) < 4.78 is 0. The Labute approximate surface area is 81.4 Å². The van der Waals surface area contributed by atoms with Gasteiger partial charge in [-0.2, -0.15) is 0 Å². The Morgan fingerprint density at radius 1 is 1.31 bits per heavy atom. The molecule has 0 radical (unpaired) electrons. The van der Waals surface area contributed by atoms with Gasteiger partial charge in [0.25, 0.3) is 0 Å². The van der Waals surface area contributed by atoms with E-state index >= 15 is 0 Å². The average molecular weight is 177 g/mol. The van der Waals surface area contributed by atoms with Gasteiger partial charge in [0.1, 0.15) is 0 Å². The molecule has 0 heterocycles. The minimum atomic E-state index is 0.709. The molecule has 1 aliphatic rings. The Bertz CT molecular complexity index is 216. The zero-order chi connectivity index (χ0) is 10.3. The highest BCUT2D eigenvalue weighted by molar-refractivity contribution is 6.02. The minimum absolute atomic E-state index is 0.709. The molecule has 1 nitrogen and oxygen atoms in total. The van der Waals surface area contributed by atoms with Gasteiger partial charge in [-0.25, -0.2) is 0 Å². The molecule has 0 atom stereocenters. The first kappa shape index (κ1) is 11.9. The van der Waals surface area contributed by atoms with E-state index in [1.807, 2.05) is 19.9 Å². The van der Waals surface area contributed by atoms with E-state index in [9.17, 15) is 0 Å². The summed E-state index contributed by atoms with van der Waals surface area (Å²) >= 11 is 0. The second kappa shape index (κ2) is 6.41. The number of hydrogen-bond acceptors (Lipinski definition) is 1. The lowest BCUT2D eigenvalue weighted by Crippen LogP contribution is -2.09. The first-order valence-electron chi connectivity index (χ1n) is 4.84. The van der Waals surface area contributed by atoms with E-state index in [2.05, 4.69) is 13.2 Å². The molecule has 1 aliphatic carbocycles. The maximum Gasteiger partial charge on any atom is 0.0388 e. The number of rotatable bonds is 1. The summed E-state index contributed by atoms with van der Waals surface area (Å²) in [4.78, 5) is 0. The molecule has 0 unspecified atom stereocenters. The van der Waals surface area contributed by atoms with E-state index < -0.39 is 0 Å². The van der Waals surface area contributed by atoms with E-state index in [-0.39, 0.29) is 0 Å². The highest BCUT2D eigenvalue weighted by atomic mass is 14.4. The summed E-state index contributed by atoms with van der Waals surface area (Å²) in [6, 6.07) is 0. The molecule has 0 spiro atoms. The monoisotopic (exact) mass is 177 g/mol. The van der Waals surface area contributed by atoms with Gasteiger partial charge in [-0.1, -0.05) is 39.2 Å². The van der Waals surface area contributed by atoms with Gasteiger partial charge in [-0.05, 0) is 30.4 Å². The molecule has 0 aliphatic heterocycles. The summed E-state index contributed by atoms with van der Waals surface area (Å²) in [6.07, 6.45) is 6.59. The van der Waals surface area contributed by atoms with Crippen LogP contribution in [-0.4, -0.2) is 5.71 Å². The Morgan fingerprint density at radius 2 is 1.92 bits per heavy atom. The Hall–Kier alpha value is -1.11. The van der Waals surface area contributed by atoms with Crippen LogP contribution in [0.5, 0.6) is 0 Å². The molecule has 0 saturated heterocycles.